The zero-order valence-corrected chi connectivity index (χ0v) is 9.78. The van der Waals surface area contributed by atoms with E-state index in [0.717, 1.165) is 6.07 Å². The predicted octanol–water partition coefficient (Wildman–Crippen LogP) is 1.69. The van der Waals surface area contributed by atoms with Gasteiger partial charge in [0.15, 0.2) is 0 Å². The molecule has 0 aliphatic heterocycles. The number of anilines is 1. The molecule has 0 aliphatic rings. The van der Waals surface area contributed by atoms with Crippen LogP contribution in [0.3, 0.4) is 0 Å². The van der Waals surface area contributed by atoms with Gasteiger partial charge in [0.25, 0.3) is 0 Å². The van der Waals surface area contributed by atoms with Gasteiger partial charge in [0.2, 0.25) is 5.91 Å². The molecular formula is C11H11F3N2O3. The van der Waals surface area contributed by atoms with Gasteiger partial charge in [-0.1, -0.05) is 0 Å². The molecule has 1 amide bonds. The summed E-state index contributed by atoms with van der Waals surface area (Å²) >= 11 is 0. The van der Waals surface area contributed by atoms with E-state index in [1.807, 2.05) is 0 Å². The van der Waals surface area contributed by atoms with Gasteiger partial charge in [-0.15, -0.1) is 0 Å². The molecule has 0 aliphatic carbocycles. The number of carboxylic acid groups (broad SMARTS) is 1. The Hall–Kier alpha value is -2.09. The third kappa shape index (κ3) is 3.95. The number of carbonyl (C=O) groups is 2. The number of hydrogen-bond donors (Lipinski definition) is 3. The maximum Gasteiger partial charge on any atom is 0.416 e. The minimum atomic E-state index is -4.71. The molecule has 0 spiro atoms. The number of alkyl halides is 3. The first-order chi connectivity index (χ1) is 8.61. The highest BCUT2D eigenvalue weighted by Gasteiger charge is 2.32. The van der Waals surface area contributed by atoms with E-state index in [2.05, 4.69) is 5.32 Å². The quantitative estimate of drug-likeness (QED) is 0.783. The summed E-state index contributed by atoms with van der Waals surface area (Å²) in [5.74, 6) is -2.24. The van der Waals surface area contributed by atoms with Crippen molar-refractivity contribution in [2.75, 3.05) is 5.32 Å². The minimum Gasteiger partial charge on any atom is -0.478 e. The van der Waals surface area contributed by atoms with E-state index in [1.54, 1.807) is 0 Å². The molecule has 104 valence electrons. The maximum absolute atomic E-state index is 12.6. The molecule has 8 heteroatoms. The number of nitrogens with two attached hydrogens (primary N) is 1. The summed E-state index contributed by atoms with van der Waals surface area (Å²) in [7, 11) is 0. The van der Waals surface area contributed by atoms with Crippen LogP contribution in [0.5, 0.6) is 0 Å². The van der Waals surface area contributed by atoms with Gasteiger partial charge in [-0.2, -0.15) is 13.2 Å². The SMILES string of the molecule is CC(N)C(=O)Nc1cc(C(=O)O)cc(C(F)(F)F)c1. The van der Waals surface area contributed by atoms with E-state index >= 15 is 0 Å². The van der Waals surface area contributed by atoms with Gasteiger partial charge < -0.3 is 16.2 Å². The molecule has 0 aromatic heterocycles. The summed E-state index contributed by atoms with van der Waals surface area (Å²) < 4.78 is 37.7. The van der Waals surface area contributed by atoms with E-state index in [9.17, 15) is 22.8 Å². The third-order valence-electron chi connectivity index (χ3n) is 2.19. The Morgan fingerprint density at radius 1 is 1.32 bits per heavy atom. The van der Waals surface area contributed by atoms with Gasteiger partial charge in [-0.05, 0) is 25.1 Å². The van der Waals surface area contributed by atoms with Crippen molar-refractivity contribution in [2.24, 2.45) is 5.73 Å². The zero-order valence-electron chi connectivity index (χ0n) is 9.78. The summed E-state index contributed by atoms with van der Waals surface area (Å²) in [5, 5.41) is 10.9. The number of carboxylic acids is 1. The van der Waals surface area contributed by atoms with Gasteiger partial charge >= 0.3 is 12.1 Å². The molecule has 5 nitrogen and oxygen atoms in total. The largest absolute Gasteiger partial charge is 0.478 e. The normalized spacial score (nSPS) is 12.9. The van der Waals surface area contributed by atoms with Crippen LogP contribution in [0.2, 0.25) is 0 Å². The third-order valence-corrected chi connectivity index (χ3v) is 2.19. The lowest BCUT2D eigenvalue weighted by atomic mass is 10.1. The lowest BCUT2D eigenvalue weighted by Crippen LogP contribution is -2.32. The molecule has 0 saturated carbocycles. The van der Waals surface area contributed by atoms with Crippen molar-refractivity contribution in [2.45, 2.75) is 19.1 Å². The Bertz CT molecular complexity index is 512. The Morgan fingerprint density at radius 3 is 2.32 bits per heavy atom. The summed E-state index contributed by atoms with van der Waals surface area (Å²) in [6.45, 7) is 1.35. The van der Waals surface area contributed by atoms with Crippen molar-refractivity contribution in [3.8, 4) is 0 Å². The number of amides is 1. The highest BCUT2D eigenvalue weighted by Crippen LogP contribution is 2.32. The fourth-order valence-corrected chi connectivity index (χ4v) is 1.24. The van der Waals surface area contributed by atoms with E-state index < -0.39 is 35.2 Å². The average Bonchev–Trinajstić information content (AvgIpc) is 2.27. The van der Waals surface area contributed by atoms with Crippen molar-refractivity contribution < 1.29 is 27.9 Å². The fraction of sp³-hybridized carbons (Fsp3) is 0.273. The van der Waals surface area contributed by atoms with Crippen molar-refractivity contribution in [3.05, 3.63) is 29.3 Å². The summed E-state index contributed by atoms with van der Waals surface area (Å²) in [6, 6.07) is 1.14. The van der Waals surface area contributed by atoms with Crippen LogP contribution in [0, 0.1) is 0 Å². The van der Waals surface area contributed by atoms with Crippen LogP contribution >= 0.6 is 0 Å². The Kier molecular flexibility index (Phi) is 4.15. The molecule has 0 heterocycles. The topological polar surface area (TPSA) is 92.4 Å². The lowest BCUT2D eigenvalue weighted by molar-refractivity contribution is -0.137. The first-order valence-corrected chi connectivity index (χ1v) is 5.13. The van der Waals surface area contributed by atoms with Crippen molar-refractivity contribution >= 4 is 17.6 Å². The van der Waals surface area contributed by atoms with Crippen LogP contribution in [0.15, 0.2) is 18.2 Å². The number of rotatable bonds is 3. The van der Waals surface area contributed by atoms with Crippen LogP contribution in [-0.2, 0) is 11.0 Å². The van der Waals surface area contributed by atoms with Gasteiger partial charge in [-0.3, -0.25) is 4.79 Å². The van der Waals surface area contributed by atoms with E-state index in [-0.39, 0.29) is 5.69 Å². The number of carbonyl (C=O) groups excluding carboxylic acids is 1. The first kappa shape index (κ1) is 15.0. The van der Waals surface area contributed by atoms with Crippen LogP contribution in [-0.4, -0.2) is 23.0 Å². The van der Waals surface area contributed by atoms with Crippen LogP contribution in [0.1, 0.15) is 22.8 Å². The molecule has 0 bridgehead atoms. The number of nitrogens with one attached hydrogen (secondary N) is 1. The molecular weight excluding hydrogens is 265 g/mol. The average molecular weight is 276 g/mol. The Morgan fingerprint density at radius 2 is 1.89 bits per heavy atom. The molecule has 0 fully saturated rings. The number of hydrogen-bond acceptors (Lipinski definition) is 3. The first-order valence-electron chi connectivity index (χ1n) is 5.13. The maximum atomic E-state index is 12.6. The van der Waals surface area contributed by atoms with Gasteiger partial charge in [0.05, 0.1) is 17.2 Å². The van der Waals surface area contributed by atoms with Crippen molar-refractivity contribution in [3.63, 3.8) is 0 Å². The molecule has 1 aromatic rings. The van der Waals surface area contributed by atoms with Gasteiger partial charge in [0.1, 0.15) is 0 Å². The van der Waals surface area contributed by atoms with Gasteiger partial charge in [-0.25, -0.2) is 4.79 Å². The van der Waals surface area contributed by atoms with Crippen LogP contribution in [0.25, 0.3) is 0 Å². The standard InChI is InChI=1S/C11H11F3N2O3/c1-5(15)9(17)16-8-3-6(10(18)19)2-7(4-8)11(12,13)14/h2-5H,15H2,1H3,(H,16,17)(H,18,19). The molecule has 4 N–H and O–H groups in total. The number of halogens is 3. The van der Waals surface area contributed by atoms with Crippen LogP contribution in [0.4, 0.5) is 18.9 Å². The molecule has 19 heavy (non-hydrogen) atoms. The smallest absolute Gasteiger partial charge is 0.416 e. The Labute approximate surface area is 106 Å². The second-order valence-electron chi connectivity index (χ2n) is 3.88. The molecule has 1 rings (SSSR count). The molecule has 1 atom stereocenters. The van der Waals surface area contributed by atoms with E-state index in [1.165, 1.54) is 6.92 Å². The summed E-state index contributed by atoms with van der Waals surface area (Å²) in [4.78, 5) is 22.0. The Balaban J connectivity index is 3.21. The zero-order chi connectivity index (χ0) is 14.8. The second-order valence-corrected chi connectivity index (χ2v) is 3.88. The minimum absolute atomic E-state index is 0.269. The highest BCUT2D eigenvalue weighted by atomic mass is 19.4. The molecule has 1 unspecified atom stereocenters. The van der Waals surface area contributed by atoms with Crippen molar-refractivity contribution in [1.82, 2.24) is 0 Å². The monoisotopic (exact) mass is 276 g/mol. The fourth-order valence-electron chi connectivity index (χ4n) is 1.24. The number of aromatic carboxylic acids is 1. The number of benzene rings is 1. The van der Waals surface area contributed by atoms with Crippen molar-refractivity contribution in [1.29, 1.82) is 0 Å². The summed E-state index contributed by atoms with van der Waals surface area (Å²) in [5.41, 5.74) is 3.25. The van der Waals surface area contributed by atoms with Crippen LogP contribution < -0.4 is 11.1 Å². The highest BCUT2D eigenvalue weighted by molar-refractivity contribution is 5.96. The second kappa shape index (κ2) is 5.27. The molecule has 1 aromatic carbocycles. The van der Waals surface area contributed by atoms with E-state index in [0.29, 0.717) is 12.1 Å². The predicted molar refractivity (Wildman–Crippen MR) is 60.7 cm³/mol. The molecule has 0 radical (unpaired) electrons. The van der Waals surface area contributed by atoms with E-state index in [4.69, 9.17) is 10.8 Å². The lowest BCUT2D eigenvalue weighted by Gasteiger charge is -2.12. The van der Waals surface area contributed by atoms with Gasteiger partial charge in [0, 0.05) is 5.69 Å². The summed E-state index contributed by atoms with van der Waals surface area (Å²) in [6.07, 6.45) is -4.71. The molecule has 0 saturated heterocycles.